The molecule has 17 heavy (non-hydrogen) atoms. The maximum absolute atomic E-state index is 9.72. The van der Waals surface area contributed by atoms with Crippen LogP contribution in [-0.4, -0.2) is 10.1 Å². The summed E-state index contributed by atoms with van der Waals surface area (Å²) in [6.07, 6.45) is 0.687. The van der Waals surface area contributed by atoms with E-state index in [1.165, 1.54) is 4.70 Å². The third-order valence-electron chi connectivity index (χ3n) is 2.67. The largest absolute Gasteiger partial charge is 0.508 e. The highest BCUT2D eigenvalue weighted by atomic mass is 32.1. The van der Waals surface area contributed by atoms with E-state index in [4.69, 9.17) is 0 Å². The summed E-state index contributed by atoms with van der Waals surface area (Å²) < 4.78 is 1.19. The summed E-state index contributed by atoms with van der Waals surface area (Å²) in [6.45, 7) is 0. The Balaban J connectivity index is 1.98. The third-order valence-corrected chi connectivity index (χ3v) is 3.71. The molecule has 3 aromatic rings. The lowest BCUT2D eigenvalue weighted by Crippen LogP contribution is -1.86. The SMILES string of the molecule is Oc1ccccc1Cc1nc2ccccc2s1. The van der Waals surface area contributed by atoms with Gasteiger partial charge in [-0.2, -0.15) is 0 Å². The zero-order chi connectivity index (χ0) is 11.7. The molecule has 0 saturated carbocycles. The van der Waals surface area contributed by atoms with Gasteiger partial charge in [-0.15, -0.1) is 11.3 Å². The van der Waals surface area contributed by atoms with Crippen LogP contribution in [0, 0.1) is 0 Å². The molecule has 0 atom stereocenters. The number of aromatic nitrogens is 1. The third kappa shape index (κ3) is 2.01. The molecule has 0 aliphatic carbocycles. The van der Waals surface area contributed by atoms with E-state index in [0.717, 1.165) is 16.1 Å². The summed E-state index contributed by atoms with van der Waals surface area (Å²) in [5.41, 5.74) is 1.95. The second kappa shape index (κ2) is 4.18. The number of aromatic hydroxyl groups is 1. The number of hydrogen-bond donors (Lipinski definition) is 1. The van der Waals surface area contributed by atoms with Crippen LogP contribution in [0.15, 0.2) is 48.5 Å². The summed E-state index contributed by atoms with van der Waals surface area (Å²) >= 11 is 1.68. The Morgan fingerprint density at radius 3 is 2.59 bits per heavy atom. The topological polar surface area (TPSA) is 33.1 Å². The molecule has 3 rings (SSSR count). The van der Waals surface area contributed by atoms with Crippen LogP contribution in [0.5, 0.6) is 5.75 Å². The van der Waals surface area contributed by atoms with Crippen LogP contribution in [0.25, 0.3) is 10.2 Å². The Kier molecular flexibility index (Phi) is 2.53. The van der Waals surface area contributed by atoms with Crippen molar-refractivity contribution in [3.05, 3.63) is 59.1 Å². The van der Waals surface area contributed by atoms with Crippen LogP contribution in [-0.2, 0) is 6.42 Å². The normalized spacial score (nSPS) is 10.8. The van der Waals surface area contributed by atoms with E-state index >= 15 is 0 Å². The molecule has 0 aliphatic heterocycles. The summed E-state index contributed by atoms with van der Waals surface area (Å²) in [7, 11) is 0. The van der Waals surface area contributed by atoms with Crippen molar-refractivity contribution in [2.24, 2.45) is 0 Å². The van der Waals surface area contributed by atoms with Crippen LogP contribution >= 0.6 is 11.3 Å². The van der Waals surface area contributed by atoms with E-state index in [1.807, 2.05) is 36.4 Å². The molecule has 0 saturated heterocycles. The highest BCUT2D eigenvalue weighted by molar-refractivity contribution is 7.18. The molecule has 0 amide bonds. The van der Waals surface area contributed by atoms with Gasteiger partial charge in [-0.05, 0) is 18.2 Å². The Labute approximate surface area is 103 Å². The van der Waals surface area contributed by atoms with E-state index < -0.39 is 0 Å². The molecule has 2 nitrogen and oxygen atoms in total. The molecule has 2 aromatic carbocycles. The van der Waals surface area contributed by atoms with Crippen LogP contribution in [0.2, 0.25) is 0 Å². The van der Waals surface area contributed by atoms with Gasteiger partial charge in [0.1, 0.15) is 5.75 Å². The van der Waals surface area contributed by atoms with Gasteiger partial charge in [0, 0.05) is 12.0 Å². The van der Waals surface area contributed by atoms with Gasteiger partial charge in [0.05, 0.1) is 15.2 Å². The number of hydrogen-bond acceptors (Lipinski definition) is 3. The highest BCUT2D eigenvalue weighted by Crippen LogP contribution is 2.26. The van der Waals surface area contributed by atoms with Crippen molar-refractivity contribution in [2.45, 2.75) is 6.42 Å². The summed E-state index contributed by atoms with van der Waals surface area (Å²) in [4.78, 5) is 4.56. The first kappa shape index (κ1) is 10.3. The maximum atomic E-state index is 9.72. The predicted octanol–water partition coefficient (Wildman–Crippen LogP) is 3.59. The molecule has 0 fully saturated rings. The molecule has 84 valence electrons. The number of phenols is 1. The molecule has 3 heteroatoms. The van der Waals surface area contributed by atoms with Gasteiger partial charge in [-0.3, -0.25) is 0 Å². The minimum atomic E-state index is 0.340. The minimum Gasteiger partial charge on any atom is -0.508 e. The number of nitrogens with zero attached hydrogens (tertiary/aromatic N) is 1. The standard InChI is InChI=1S/C14H11NOS/c16-12-7-3-1-5-10(12)9-14-15-11-6-2-4-8-13(11)17-14/h1-8,16H,9H2. The average molecular weight is 241 g/mol. The molecular weight excluding hydrogens is 230 g/mol. The van der Waals surface area contributed by atoms with E-state index in [9.17, 15) is 5.11 Å². The minimum absolute atomic E-state index is 0.340. The number of fused-ring (bicyclic) bond motifs is 1. The first-order valence-corrected chi connectivity index (χ1v) is 6.26. The van der Waals surface area contributed by atoms with Gasteiger partial charge >= 0.3 is 0 Å². The van der Waals surface area contributed by atoms with Gasteiger partial charge in [-0.25, -0.2) is 4.98 Å². The second-order valence-corrected chi connectivity index (χ2v) is 5.00. The predicted molar refractivity (Wildman–Crippen MR) is 70.5 cm³/mol. The lowest BCUT2D eigenvalue weighted by Gasteiger charge is -2.00. The van der Waals surface area contributed by atoms with Crippen molar-refractivity contribution >= 4 is 21.6 Å². The summed E-state index contributed by atoms with van der Waals surface area (Å²) in [6, 6.07) is 15.5. The quantitative estimate of drug-likeness (QED) is 0.743. The molecule has 1 N–H and O–H groups in total. The molecule has 0 bridgehead atoms. The fraction of sp³-hybridized carbons (Fsp3) is 0.0714. The van der Waals surface area contributed by atoms with Crippen molar-refractivity contribution in [2.75, 3.05) is 0 Å². The summed E-state index contributed by atoms with van der Waals surface area (Å²) in [5.74, 6) is 0.340. The molecular formula is C14H11NOS. The fourth-order valence-corrected chi connectivity index (χ4v) is 2.81. The van der Waals surface area contributed by atoms with Crippen molar-refractivity contribution in [3.63, 3.8) is 0 Å². The van der Waals surface area contributed by atoms with Crippen LogP contribution in [0.1, 0.15) is 10.6 Å². The van der Waals surface area contributed by atoms with Gasteiger partial charge in [0.2, 0.25) is 0 Å². The molecule has 0 radical (unpaired) electrons. The molecule has 1 heterocycles. The fourth-order valence-electron chi connectivity index (χ4n) is 1.82. The van der Waals surface area contributed by atoms with Gasteiger partial charge in [-0.1, -0.05) is 30.3 Å². The first-order valence-electron chi connectivity index (χ1n) is 5.44. The Hall–Kier alpha value is -1.87. The Morgan fingerprint density at radius 1 is 1.00 bits per heavy atom. The van der Waals surface area contributed by atoms with Crippen molar-refractivity contribution < 1.29 is 5.11 Å². The second-order valence-electron chi connectivity index (χ2n) is 3.88. The van der Waals surface area contributed by atoms with E-state index in [-0.39, 0.29) is 0 Å². The van der Waals surface area contributed by atoms with Crippen LogP contribution in [0.4, 0.5) is 0 Å². The number of phenolic OH excluding ortho intramolecular Hbond substituents is 1. The van der Waals surface area contributed by atoms with Gasteiger partial charge in [0.25, 0.3) is 0 Å². The van der Waals surface area contributed by atoms with Crippen LogP contribution < -0.4 is 0 Å². The molecule has 0 aliphatic rings. The average Bonchev–Trinajstić information content (AvgIpc) is 2.74. The number of para-hydroxylation sites is 2. The van der Waals surface area contributed by atoms with Crippen LogP contribution in [0.3, 0.4) is 0 Å². The molecule has 0 unspecified atom stereocenters. The number of benzene rings is 2. The first-order chi connectivity index (χ1) is 8.33. The van der Waals surface area contributed by atoms with E-state index in [1.54, 1.807) is 17.4 Å². The Morgan fingerprint density at radius 2 is 1.76 bits per heavy atom. The van der Waals surface area contributed by atoms with Crippen molar-refractivity contribution in [1.29, 1.82) is 0 Å². The zero-order valence-electron chi connectivity index (χ0n) is 9.13. The van der Waals surface area contributed by atoms with E-state index in [2.05, 4.69) is 11.1 Å². The monoisotopic (exact) mass is 241 g/mol. The number of rotatable bonds is 2. The molecule has 1 aromatic heterocycles. The maximum Gasteiger partial charge on any atom is 0.119 e. The van der Waals surface area contributed by atoms with Gasteiger partial charge in [0.15, 0.2) is 0 Å². The molecule has 0 spiro atoms. The Bertz CT molecular complexity index is 627. The lowest BCUT2D eigenvalue weighted by atomic mass is 10.1. The lowest BCUT2D eigenvalue weighted by molar-refractivity contribution is 0.469. The zero-order valence-corrected chi connectivity index (χ0v) is 9.95. The van der Waals surface area contributed by atoms with Crippen molar-refractivity contribution in [1.82, 2.24) is 4.98 Å². The van der Waals surface area contributed by atoms with E-state index in [0.29, 0.717) is 12.2 Å². The number of thiazole rings is 1. The van der Waals surface area contributed by atoms with Crippen molar-refractivity contribution in [3.8, 4) is 5.75 Å². The smallest absolute Gasteiger partial charge is 0.119 e. The van der Waals surface area contributed by atoms with Gasteiger partial charge < -0.3 is 5.11 Å². The summed E-state index contributed by atoms with van der Waals surface area (Å²) in [5, 5.41) is 10.8. The highest BCUT2D eigenvalue weighted by Gasteiger charge is 2.06.